The Morgan fingerprint density at radius 2 is 1.23 bits per heavy atom. The second-order valence-corrected chi connectivity index (χ2v) is 15.8. The number of rotatable bonds is 4. The molecule has 0 radical (unpaired) electrons. The molecule has 0 saturated carbocycles. The van der Waals surface area contributed by atoms with Crippen LogP contribution in [0.2, 0.25) is 0 Å². The Morgan fingerprint density at radius 3 is 1.92 bits per heavy atom. The molecule has 0 bridgehead atoms. The second-order valence-electron chi connectivity index (χ2n) is 12.6. The quantitative estimate of drug-likeness (QED) is 0.186. The number of hydrogen-bond acceptors (Lipinski definition) is 5. The Bertz CT molecular complexity index is 2700. The molecule has 48 heavy (non-hydrogen) atoms. The van der Waals surface area contributed by atoms with Gasteiger partial charge in [-0.1, -0.05) is 85.0 Å². The zero-order valence-corrected chi connectivity index (χ0v) is 28.1. The molecule has 3 aromatic heterocycles. The maximum Gasteiger partial charge on any atom is 0.101 e. The predicted octanol–water partition coefficient (Wildman–Crippen LogP) is 13.7. The van der Waals surface area contributed by atoms with E-state index in [-0.39, 0.29) is 0 Å². The van der Waals surface area contributed by atoms with Crippen molar-refractivity contribution in [1.29, 1.82) is 0 Å². The molecular weight excluding hydrogens is 641 g/mol. The number of thiophene rings is 2. The standard InChI is InChI=1S/C43H26N2S3/c1-2-9-25(10-3-1)43-44-41-31-14-8-13-30-35(20-19-32(40(30)31)42(41)48-43)45(26-17-21-38-33(23-26)28-11-4-6-15-36(28)46-38)27-18-22-39-34(24-27)29-12-5-7-16-37(29)47-39/h1-9,11-25H,10H2. The van der Waals surface area contributed by atoms with Gasteiger partial charge in [0.1, 0.15) is 5.01 Å². The molecule has 6 aromatic carbocycles. The van der Waals surface area contributed by atoms with Gasteiger partial charge in [-0.15, -0.1) is 34.0 Å². The van der Waals surface area contributed by atoms with Gasteiger partial charge in [-0.25, -0.2) is 4.98 Å². The molecule has 0 spiro atoms. The molecule has 0 aliphatic heterocycles. The number of aromatic nitrogens is 1. The first-order valence-electron chi connectivity index (χ1n) is 16.3. The molecule has 11 rings (SSSR count). The Balaban J connectivity index is 1.15. The minimum absolute atomic E-state index is 0.356. The number of hydrogen-bond donors (Lipinski definition) is 0. The topological polar surface area (TPSA) is 16.1 Å². The molecule has 5 heteroatoms. The summed E-state index contributed by atoms with van der Waals surface area (Å²) in [7, 11) is 0. The average Bonchev–Trinajstić information content (AvgIpc) is 3.90. The van der Waals surface area contributed by atoms with Gasteiger partial charge in [0.2, 0.25) is 0 Å². The fraction of sp³-hybridized carbons (Fsp3) is 0.0465. The normalized spacial score (nSPS) is 15.0. The molecule has 0 amide bonds. The summed E-state index contributed by atoms with van der Waals surface area (Å²) >= 11 is 5.60. The van der Waals surface area contributed by atoms with E-state index in [4.69, 9.17) is 4.98 Å². The second kappa shape index (κ2) is 10.2. The third-order valence-corrected chi connectivity index (χ3v) is 13.5. The molecule has 1 unspecified atom stereocenters. The van der Waals surface area contributed by atoms with Crippen LogP contribution in [0.15, 0.2) is 140 Å². The van der Waals surface area contributed by atoms with Crippen LogP contribution >= 0.6 is 34.0 Å². The molecule has 9 aromatic rings. The molecule has 2 nitrogen and oxygen atoms in total. The number of thiazole rings is 1. The molecular formula is C43H26N2S3. The van der Waals surface area contributed by atoms with Crippen molar-refractivity contribution in [3.05, 3.63) is 145 Å². The lowest BCUT2D eigenvalue weighted by Crippen LogP contribution is -2.10. The van der Waals surface area contributed by atoms with Gasteiger partial charge in [-0.2, -0.15) is 0 Å². The SMILES string of the molecule is C1=CCC(c2nc3c(s2)-c2ccc(N(c4ccc5sc6ccccc6c5c4)c4ccc5sc6ccccc6c5c4)c4cccc-3c24)C=C1. The number of nitrogens with zero attached hydrogens (tertiary/aromatic N) is 2. The van der Waals surface area contributed by atoms with Crippen LogP contribution in [0.1, 0.15) is 17.3 Å². The van der Waals surface area contributed by atoms with Crippen molar-refractivity contribution in [3.63, 3.8) is 0 Å². The van der Waals surface area contributed by atoms with Gasteiger partial charge < -0.3 is 4.90 Å². The Hall–Kier alpha value is -5.07. The van der Waals surface area contributed by atoms with Crippen molar-refractivity contribution in [3.8, 4) is 21.7 Å². The molecule has 1 atom stereocenters. The van der Waals surface area contributed by atoms with E-state index in [1.54, 1.807) is 0 Å². The first-order valence-corrected chi connectivity index (χ1v) is 18.8. The third-order valence-electron chi connectivity index (χ3n) is 9.94. The van der Waals surface area contributed by atoms with E-state index >= 15 is 0 Å². The van der Waals surface area contributed by atoms with Crippen molar-refractivity contribution in [2.75, 3.05) is 4.90 Å². The zero-order chi connectivity index (χ0) is 31.3. The number of fused-ring (bicyclic) bond motifs is 9. The molecule has 0 saturated heterocycles. The summed E-state index contributed by atoms with van der Waals surface area (Å²) in [5, 5.41) is 9.00. The van der Waals surface area contributed by atoms with E-state index in [0.29, 0.717) is 5.92 Å². The summed E-state index contributed by atoms with van der Waals surface area (Å²) in [6.07, 6.45) is 9.85. The Labute approximate surface area is 289 Å². The van der Waals surface area contributed by atoms with Crippen LogP contribution in [0.5, 0.6) is 0 Å². The Morgan fingerprint density at radius 1 is 0.562 bits per heavy atom. The van der Waals surface area contributed by atoms with Crippen molar-refractivity contribution < 1.29 is 0 Å². The van der Waals surface area contributed by atoms with Crippen molar-refractivity contribution in [2.45, 2.75) is 12.3 Å². The van der Waals surface area contributed by atoms with Crippen molar-refractivity contribution in [1.82, 2.24) is 4.98 Å². The van der Waals surface area contributed by atoms with E-state index in [1.165, 1.54) is 77.8 Å². The predicted molar refractivity (Wildman–Crippen MR) is 210 cm³/mol. The number of allylic oxidation sites excluding steroid dienone is 4. The highest BCUT2D eigenvalue weighted by Gasteiger charge is 2.30. The third kappa shape index (κ3) is 3.87. The van der Waals surface area contributed by atoms with Gasteiger partial charge in [-0.3, -0.25) is 0 Å². The largest absolute Gasteiger partial charge is 0.310 e. The Kier molecular flexibility index (Phi) is 5.73. The maximum atomic E-state index is 5.28. The zero-order valence-electron chi connectivity index (χ0n) is 25.7. The first-order chi connectivity index (χ1) is 23.8. The van der Waals surface area contributed by atoms with Crippen LogP contribution in [0.25, 0.3) is 72.8 Å². The van der Waals surface area contributed by atoms with Gasteiger partial charge >= 0.3 is 0 Å². The molecule has 226 valence electrons. The van der Waals surface area contributed by atoms with E-state index in [2.05, 4.69) is 144 Å². The van der Waals surface area contributed by atoms with Crippen LogP contribution in [0, 0.1) is 0 Å². The van der Waals surface area contributed by atoms with Crippen LogP contribution in [-0.2, 0) is 0 Å². The van der Waals surface area contributed by atoms with E-state index < -0.39 is 0 Å². The highest BCUT2D eigenvalue weighted by Crippen LogP contribution is 2.54. The van der Waals surface area contributed by atoms with Gasteiger partial charge in [0.25, 0.3) is 0 Å². The molecule has 3 heterocycles. The highest BCUT2D eigenvalue weighted by molar-refractivity contribution is 7.26. The van der Waals surface area contributed by atoms with E-state index in [1.807, 2.05) is 34.0 Å². The summed E-state index contributed by atoms with van der Waals surface area (Å²) in [6.45, 7) is 0. The van der Waals surface area contributed by atoms with Crippen LogP contribution in [-0.4, -0.2) is 4.98 Å². The highest BCUT2D eigenvalue weighted by atomic mass is 32.1. The fourth-order valence-corrected chi connectivity index (χ4v) is 11.1. The lowest BCUT2D eigenvalue weighted by Gasteiger charge is -2.27. The van der Waals surface area contributed by atoms with Gasteiger partial charge in [0.05, 0.1) is 16.3 Å². The smallest absolute Gasteiger partial charge is 0.101 e. The monoisotopic (exact) mass is 666 g/mol. The molecule has 0 fully saturated rings. The summed E-state index contributed by atoms with van der Waals surface area (Å²) in [4.78, 5) is 9.06. The van der Waals surface area contributed by atoms with Crippen molar-refractivity contribution in [2.24, 2.45) is 0 Å². The van der Waals surface area contributed by atoms with Gasteiger partial charge in [-0.05, 0) is 61.0 Å². The summed E-state index contributed by atoms with van der Waals surface area (Å²) in [6, 6.07) is 43.0. The summed E-state index contributed by atoms with van der Waals surface area (Å²) < 4.78 is 5.28. The summed E-state index contributed by atoms with van der Waals surface area (Å²) in [5.41, 5.74) is 7.20. The van der Waals surface area contributed by atoms with E-state index in [9.17, 15) is 0 Å². The van der Waals surface area contributed by atoms with Gasteiger partial charge in [0, 0.05) is 79.5 Å². The number of anilines is 3. The fourth-order valence-electron chi connectivity index (χ4n) is 7.73. The minimum Gasteiger partial charge on any atom is -0.310 e. The number of benzene rings is 6. The summed E-state index contributed by atoms with van der Waals surface area (Å²) in [5.74, 6) is 0.356. The van der Waals surface area contributed by atoms with Crippen LogP contribution in [0.3, 0.4) is 0 Å². The molecule has 2 aliphatic rings. The lowest BCUT2D eigenvalue weighted by atomic mass is 10.0. The van der Waals surface area contributed by atoms with Gasteiger partial charge in [0.15, 0.2) is 0 Å². The minimum atomic E-state index is 0.356. The first kappa shape index (κ1) is 26.9. The molecule has 0 N–H and O–H groups in total. The van der Waals surface area contributed by atoms with Crippen molar-refractivity contribution >= 4 is 102 Å². The average molecular weight is 667 g/mol. The van der Waals surface area contributed by atoms with E-state index in [0.717, 1.165) is 23.5 Å². The van der Waals surface area contributed by atoms with Crippen LogP contribution in [0.4, 0.5) is 17.1 Å². The molecule has 2 aliphatic carbocycles. The maximum absolute atomic E-state index is 5.28. The van der Waals surface area contributed by atoms with Crippen LogP contribution < -0.4 is 4.90 Å². The lowest BCUT2D eigenvalue weighted by molar-refractivity contribution is 0.843.